The first-order valence-corrected chi connectivity index (χ1v) is 23.7. The van der Waals surface area contributed by atoms with Crippen LogP contribution in [0.3, 0.4) is 0 Å². The molecule has 3 aliphatic heterocycles. The molecule has 5 aromatic rings. The number of amides is 7. The van der Waals surface area contributed by atoms with Crippen molar-refractivity contribution in [3.63, 3.8) is 0 Å². The molecule has 7 amide bonds. The smallest absolute Gasteiger partial charge is 0.318 e. The zero-order chi connectivity index (χ0) is 47.2. The molecule has 4 aromatic carbocycles. The Labute approximate surface area is 397 Å². The molecule has 4 heterocycles. The van der Waals surface area contributed by atoms with E-state index in [1.807, 2.05) is 109 Å². The van der Waals surface area contributed by atoms with E-state index in [0.717, 1.165) is 46.4 Å². The van der Waals surface area contributed by atoms with Gasteiger partial charge in [-0.1, -0.05) is 109 Å². The highest BCUT2D eigenvalue weighted by atomic mass is 16.5. The van der Waals surface area contributed by atoms with Crippen molar-refractivity contribution in [2.24, 2.45) is 0 Å². The molecule has 0 radical (unpaired) electrons. The molecule has 3 aliphatic rings. The monoisotopic (exact) mass is 923 g/mol. The molecular formula is C52H61N9O7. The lowest BCUT2D eigenvalue weighted by molar-refractivity contribution is -0.134. The van der Waals surface area contributed by atoms with Crippen LogP contribution in [0.5, 0.6) is 0 Å². The zero-order valence-corrected chi connectivity index (χ0v) is 38.5. The number of aromatic nitrogens is 2. The first kappa shape index (κ1) is 47.5. The number of benzene rings is 4. The lowest BCUT2D eigenvalue weighted by atomic mass is 10.00. The van der Waals surface area contributed by atoms with E-state index >= 15 is 0 Å². The Hall–Kier alpha value is -7.04. The van der Waals surface area contributed by atoms with Crippen LogP contribution in [0.25, 0.3) is 22.4 Å². The van der Waals surface area contributed by atoms with Crippen LogP contribution < -0.4 is 21.3 Å². The summed E-state index contributed by atoms with van der Waals surface area (Å²) in [6, 6.07) is 32.2. The van der Waals surface area contributed by atoms with Crippen LogP contribution in [-0.2, 0) is 23.9 Å². The predicted molar refractivity (Wildman–Crippen MR) is 257 cm³/mol. The lowest BCUT2D eigenvalue weighted by Crippen LogP contribution is -2.50. The molecule has 0 unspecified atom stereocenters. The summed E-state index contributed by atoms with van der Waals surface area (Å²) in [6.45, 7) is 6.67. The van der Waals surface area contributed by atoms with Gasteiger partial charge in [0.1, 0.15) is 17.9 Å². The summed E-state index contributed by atoms with van der Waals surface area (Å²) in [5.74, 6) is 0.180. The van der Waals surface area contributed by atoms with Gasteiger partial charge in [-0.05, 0) is 66.0 Å². The average Bonchev–Trinajstić information content (AvgIpc) is 4.09. The molecule has 3 saturated heterocycles. The van der Waals surface area contributed by atoms with Crippen LogP contribution in [0.1, 0.15) is 85.7 Å². The molecule has 3 fully saturated rings. The summed E-state index contributed by atoms with van der Waals surface area (Å²) in [6.07, 6.45) is 4.90. The second-order valence-corrected chi connectivity index (χ2v) is 17.4. The Morgan fingerprint density at radius 2 is 1.19 bits per heavy atom. The molecule has 68 heavy (non-hydrogen) atoms. The number of carbonyl (C=O) groups excluding carboxylic acids is 5. The molecule has 16 nitrogen and oxygen atoms in total. The van der Waals surface area contributed by atoms with Gasteiger partial charge in [0.2, 0.25) is 17.7 Å². The zero-order valence-electron chi connectivity index (χ0n) is 38.5. The van der Waals surface area contributed by atoms with Gasteiger partial charge in [0.05, 0.1) is 50.4 Å². The summed E-state index contributed by atoms with van der Waals surface area (Å²) in [4.78, 5) is 80.0. The number of nitrogens with zero attached hydrogens (tertiary/aromatic N) is 4. The second kappa shape index (κ2) is 23.1. The van der Waals surface area contributed by atoms with E-state index in [1.165, 1.54) is 0 Å². The van der Waals surface area contributed by atoms with Gasteiger partial charge in [-0.25, -0.2) is 14.6 Å². The van der Waals surface area contributed by atoms with Gasteiger partial charge in [-0.15, -0.1) is 0 Å². The number of nitrogens with one attached hydrogen (secondary N) is 5. The van der Waals surface area contributed by atoms with Crippen LogP contribution in [0.4, 0.5) is 9.59 Å². The van der Waals surface area contributed by atoms with Gasteiger partial charge in [0, 0.05) is 45.7 Å². The van der Waals surface area contributed by atoms with Crippen LogP contribution in [0, 0.1) is 0 Å². The van der Waals surface area contributed by atoms with Crippen molar-refractivity contribution in [2.75, 3.05) is 65.7 Å². The van der Waals surface area contributed by atoms with Gasteiger partial charge < -0.3 is 50.4 Å². The Morgan fingerprint density at radius 1 is 0.647 bits per heavy atom. The molecule has 0 saturated carbocycles. The minimum Gasteiger partial charge on any atom is -0.378 e. The molecule has 356 valence electrons. The minimum atomic E-state index is -0.836. The van der Waals surface area contributed by atoms with Crippen molar-refractivity contribution in [3.8, 4) is 22.4 Å². The summed E-state index contributed by atoms with van der Waals surface area (Å²) in [5, 5.41) is 11.9. The van der Waals surface area contributed by atoms with Crippen molar-refractivity contribution in [1.82, 2.24) is 45.9 Å². The number of H-pyrrole nitrogens is 1. The topological polar surface area (TPSA) is 190 Å². The largest absolute Gasteiger partial charge is 0.378 e. The molecule has 0 spiro atoms. The van der Waals surface area contributed by atoms with Crippen LogP contribution in [-0.4, -0.2) is 120 Å². The van der Waals surface area contributed by atoms with Crippen molar-refractivity contribution >= 4 is 29.8 Å². The van der Waals surface area contributed by atoms with E-state index < -0.39 is 12.1 Å². The number of hydrogen-bond donors (Lipinski definition) is 5. The number of aromatic amines is 1. The molecule has 8 rings (SSSR count). The van der Waals surface area contributed by atoms with Gasteiger partial charge in [0.15, 0.2) is 0 Å². The van der Waals surface area contributed by atoms with Gasteiger partial charge >= 0.3 is 12.1 Å². The van der Waals surface area contributed by atoms with E-state index in [2.05, 4.69) is 38.4 Å². The first-order chi connectivity index (χ1) is 33.2. The van der Waals surface area contributed by atoms with E-state index in [4.69, 9.17) is 14.5 Å². The molecule has 16 heteroatoms. The van der Waals surface area contributed by atoms with Crippen LogP contribution in [0.15, 0.2) is 115 Å². The number of hydrogen-bond acceptors (Lipinski definition) is 8. The van der Waals surface area contributed by atoms with Crippen LogP contribution >= 0.6 is 0 Å². The van der Waals surface area contributed by atoms with Crippen molar-refractivity contribution in [3.05, 3.63) is 138 Å². The predicted octanol–water partition coefficient (Wildman–Crippen LogP) is 6.44. The maximum Gasteiger partial charge on any atom is 0.318 e. The highest BCUT2D eigenvalue weighted by Crippen LogP contribution is 2.34. The van der Waals surface area contributed by atoms with Crippen LogP contribution in [0.2, 0.25) is 0 Å². The number of unbranched alkanes of at least 4 members (excludes halogenated alkanes) is 1. The molecule has 5 N–H and O–H groups in total. The fourth-order valence-corrected chi connectivity index (χ4v) is 8.90. The number of likely N-dealkylation sites (tertiary alicyclic amines) is 1. The third-order valence-electron chi connectivity index (χ3n) is 12.8. The summed E-state index contributed by atoms with van der Waals surface area (Å²) in [5.41, 5.74) is 6.29. The summed E-state index contributed by atoms with van der Waals surface area (Å²) < 4.78 is 10.8. The Morgan fingerprint density at radius 3 is 1.79 bits per heavy atom. The molecule has 1 aromatic heterocycles. The molecule has 4 atom stereocenters. The minimum absolute atomic E-state index is 0.0676. The maximum absolute atomic E-state index is 14.3. The van der Waals surface area contributed by atoms with Crippen molar-refractivity contribution < 1.29 is 33.4 Å². The quantitative estimate of drug-likeness (QED) is 0.0700. The molecule has 0 bridgehead atoms. The third kappa shape index (κ3) is 12.1. The number of carbonyl (C=O) groups is 5. The maximum atomic E-state index is 14.3. The number of ether oxygens (including phenoxy) is 2. The van der Waals surface area contributed by atoms with Gasteiger partial charge in [-0.2, -0.15) is 0 Å². The van der Waals surface area contributed by atoms with Crippen molar-refractivity contribution in [2.45, 2.75) is 63.2 Å². The average molecular weight is 924 g/mol. The van der Waals surface area contributed by atoms with E-state index in [9.17, 15) is 24.0 Å². The Bertz CT molecular complexity index is 2460. The van der Waals surface area contributed by atoms with E-state index in [0.29, 0.717) is 96.3 Å². The van der Waals surface area contributed by atoms with Gasteiger partial charge in [-0.3, -0.25) is 14.4 Å². The number of morpholine rings is 2. The number of urea groups is 2. The lowest BCUT2D eigenvalue weighted by Gasteiger charge is -2.32. The normalized spacial score (nSPS) is 17.4. The van der Waals surface area contributed by atoms with E-state index in [-0.39, 0.29) is 41.9 Å². The van der Waals surface area contributed by atoms with Crippen molar-refractivity contribution in [1.29, 1.82) is 0 Å². The molecule has 0 aliphatic carbocycles. The molecular weight excluding hydrogens is 863 g/mol. The first-order valence-electron chi connectivity index (χ1n) is 23.7. The SMILES string of the molecule is C[C@H](NC(=O)CCCCNC(=O)[C@H](NC(=O)N1CCOCC1)c1ccccc1)c1ccc(-c2ccc(-c3cnc([C@@H]4CCCN4C(=O)[C@H](NC(=O)N4CCOCC4)c4ccccc4)[nH]3)cc2)cc1. The summed E-state index contributed by atoms with van der Waals surface area (Å²) in [7, 11) is 0. The Balaban J connectivity index is 0.800. The standard InChI is InChI=1S/C52H61N9O7/c1-36(55-45(62)16-8-9-25-53-49(63)46(41-11-4-2-5-12-41)57-51(65)59-27-31-67-32-28-59)37-17-19-38(20-18-37)39-21-23-40(24-22-39)43-35-54-48(56-43)44-15-10-26-61(44)50(64)47(42-13-6-3-7-14-42)58-52(66)60-29-33-68-34-30-60/h2-7,11-14,17-24,35-36,44,46-47H,8-10,15-16,25-34H2,1H3,(H,53,63)(H,54,56)(H,55,62)(H,57,65)(H,58,66)/t36-,44-,46+,47+/m0/s1. The van der Waals surface area contributed by atoms with Gasteiger partial charge in [0.25, 0.3) is 0 Å². The highest BCUT2D eigenvalue weighted by molar-refractivity contribution is 5.89. The second-order valence-electron chi connectivity index (χ2n) is 17.4. The number of rotatable bonds is 16. The summed E-state index contributed by atoms with van der Waals surface area (Å²) >= 11 is 0. The fraction of sp³-hybridized carbons (Fsp3) is 0.385. The number of imidazole rings is 1. The Kier molecular flexibility index (Phi) is 16.1. The van der Waals surface area contributed by atoms with E-state index in [1.54, 1.807) is 16.0 Å². The fourth-order valence-electron chi connectivity index (χ4n) is 8.90. The third-order valence-corrected chi connectivity index (χ3v) is 12.8. The highest BCUT2D eigenvalue weighted by Gasteiger charge is 2.37.